The van der Waals surface area contributed by atoms with Crippen molar-refractivity contribution in [3.8, 4) is 0 Å². The lowest BCUT2D eigenvalue weighted by atomic mass is 9.80. The number of piperazine rings is 1. The summed E-state index contributed by atoms with van der Waals surface area (Å²) in [6.07, 6.45) is 0. The maximum absolute atomic E-state index is 9.79. The molecule has 1 aromatic rings. The third kappa shape index (κ3) is 3.37. The molecule has 0 aromatic heterocycles. The van der Waals surface area contributed by atoms with Gasteiger partial charge in [-0.1, -0.05) is 48.0 Å². The zero-order valence-electron chi connectivity index (χ0n) is 11.7. The Morgan fingerprint density at radius 3 is 2.53 bits per heavy atom. The molecular formula is C15H23BrN2O. The lowest BCUT2D eigenvalue weighted by molar-refractivity contribution is 0.0301. The first-order valence-corrected chi connectivity index (χ1v) is 7.65. The zero-order valence-corrected chi connectivity index (χ0v) is 13.3. The van der Waals surface area contributed by atoms with Crippen molar-refractivity contribution in [2.75, 3.05) is 32.8 Å². The van der Waals surface area contributed by atoms with E-state index in [2.05, 4.69) is 58.2 Å². The van der Waals surface area contributed by atoms with Gasteiger partial charge in [0.25, 0.3) is 0 Å². The predicted octanol–water partition coefficient (Wildman–Crippen LogP) is 2.41. The maximum Gasteiger partial charge on any atom is 0.0500 e. The number of benzene rings is 1. The molecule has 0 saturated carbocycles. The van der Waals surface area contributed by atoms with Crippen LogP contribution in [0.2, 0.25) is 0 Å². The number of aliphatic hydroxyl groups is 1. The van der Waals surface area contributed by atoms with Crippen molar-refractivity contribution >= 4 is 15.9 Å². The number of hydrogen-bond donors (Lipinski definition) is 2. The molecule has 0 radical (unpaired) electrons. The Bertz CT molecular complexity index is 416. The van der Waals surface area contributed by atoms with Gasteiger partial charge >= 0.3 is 0 Å². The molecule has 2 rings (SSSR count). The summed E-state index contributed by atoms with van der Waals surface area (Å²) in [6.45, 7) is 8.54. The summed E-state index contributed by atoms with van der Waals surface area (Å²) < 4.78 is 1.13. The molecule has 1 aromatic carbocycles. The Morgan fingerprint density at radius 2 is 1.95 bits per heavy atom. The van der Waals surface area contributed by atoms with Gasteiger partial charge in [-0.2, -0.15) is 0 Å². The van der Waals surface area contributed by atoms with Gasteiger partial charge < -0.3 is 10.4 Å². The molecule has 1 aliphatic heterocycles. The first-order chi connectivity index (χ1) is 9.06. The third-order valence-electron chi connectivity index (χ3n) is 3.86. The van der Waals surface area contributed by atoms with Crippen LogP contribution in [-0.4, -0.2) is 42.8 Å². The predicted molar refractivity (Wildman–Crippen MR) is 82.2 cm³/mol. The quantitative estimate of drug-likeness (QED) is 0.892. The van der Waals surface area contributed by atoms with E-state index < -0.39 is 0 Å². The van der Waals surface area contributed by atoms with Crippen LogP contribution in [0.5, 0.6) is 0 Å². The van der Waals surface area contributed by atoms with E-state index in [-0.39, 0.29) is 18.1 Å². The number of aliphatic hydroxyl groups excluding tert-OH is 1. The van der Waals surface area contributed by atoms with Gasteiger partial charge in [0.2, 0.25) is 0 Å². The molecule has 0 aliphatic carbocycles. The Hall–Kier alpha value is -0.420. The Morgan fingerprint density at radius 1 is 1.32 bits per heavy atom. The first-order valence-electron chi connectivity index (χ1n) is 6.86. The van der Waals surface area contributed by atoms with Gasteiger partial charge in [0, 0.05) is 48.7 Å². The smallest absolute Gasteiger partial charge is 0.0500 e. The van der Waals surface area contributed by atoms with Gasteiger partial charge in [0.1, 0.15) is 0 Å². The van der Waals surface area contributed by atoms with Crippen LogP contribution in [0.4, 0.5) is 0 Å². The fourth-order valence-electron chi connectivity index (χ4n) is 2.84. The summed E-state index contributed by atoms with van der Waals surface area (Å²) in [5, 5.41) is 13.2. The molecule has 1 atom stereocenters. The number of nitrogens with zero attached hydrogens (tertiary/aromatic N) is 1. The van der Waals surface area contributed by atoms with Crippen LogP contribution in [0.1, 0.15) is 25.5 Å². The lowest BCUT2D eigenvalue weighted by Crippen LogP contribution is -2.49. The Kier molecular flexibility index (Phi) is 5.01. The summed E-state index contributed by atoms with van der Waals surface area (Å²) in [5.41, 5.74) is 1.10. The summed E-state index contributed by atoms with van der Waals surface area (Å²) in [4.78, 5) is 2.48. The van der Waals surface area contributed by atoms with Crippen LogP contribution in [-0.2, 0) is 0 Å². The minimum Gasteiger partial charge on any atom is -0.396 e. The van der Waals surface area contributed by atoms with Crippen molar-refractivity contribution in [3.63, 3.8) is 0 Å². The standard InChI is InChI=1S/C15H23BrN2O/c1-15(2,11-19)14(18-9-7-17-8-10-18)12-5-3-4-6-13(12)16/h3-6,14,17,19H,7-11H2,1-2H3/t14-/m1/s1. The van der Waals surface area contributed by atoms with Crippen molar-refractivity contribution in [1.82, 2.24) is 10.2 Å². The highest BCUT2D eigenvalue weighted by Gasteiger charge is 2.36. The van der Waals surface area contributed by atoms with E-state index in [9.17, 15) is 5.11 Å². The maximum atomic E-state index is 9.79. The van der Waals surface area contributed by atoms with Gasteiger partial charge in [0.05, 0.1) is 0 Å². The van der Waals surface area contributed by atoms with Crippen molar-refractivity contribution in [1.29, 1.82) is 0 Å². The molecule has 1 aliphatic rings. The van der Waals surface area contributed by atoms with Gasteiger partial charge in [-0.25, -0.2) is 0 Å². The second-order valence-electron chi connectivity index (χ2n) is 5.86. The molecular weight excluding hydrogens is 304 g/mol. The number of hydrogen-bond acceptors (Lipinski definition) is 3. The highest BCUT2D eigenvalue weighted by atomic mass is 79.9. The van der Waals surface area contributed by atoms with Gasteiger partial charge in [0.15, 0.2) is 0 Å². The highest BCUT2D eigenvalue weighted by molar-refractivity contribution is 9.10. The Balaban J connectivity index is 2.36. The SMILES string of the molecule is CC(C)(CO)[C@@H](c1ccccc1Br)N1CCNCC1. The van der Waals surface area contributed by atoms with Crippen molar-refractivity contribution < 1.29 is 5.11 Å². The number of halogens is 1. The number of nitrogens with one attached hydrogen (secondary N) is 1. The van der Waals surface area contributed by atoms with E-state index in [1.54, 1.807) is 0 Å². The van der Waals surface area contributed by atoms with Crippen LogP contribution in [0.3, 0.4) is 0 Å². The van der Waals surface area contributed by atoms with Gasteiger partial charge in [-0.15, -0.1) is 0 Å². The van der Waals surface area contributed by atoms with Crippen LogP contribution in [0.15, 0.2) is 28.7 Å². The molecule has 1 fully saturated rings. The monoisotopic (exact) mass is 326 g/mol. The van der Waals surface area contributed by atoms with Crippen LogP contribution < -0.4 is 5.32 Å². The molecule has 1 saturated heterocycles. The van der Waals surface area contributed by atoms with E-state index in [1.165, 1.54) is 5.56 Å². The second-order valence-corrected chi connectivity index (χ2v) is 6.71. The van der Waals surface area contributed by atoms with Crippen molar-refractivity contribution in [2.24, 2.45) is 5.41 Å². The molecule has 19 heavy (non-hydrogen) atoms. The Labute approximate surface area is 124 Å². The molecule has 0 unspecified atom stereocenters. The molecule has 0 bridgehead atoms. The van der Waals surface area contributed by atoms with E-state index in [0.29, 0.717) is 0 Å². The molecule has 0 spiro atoms. The largest absolute Gasteiger partial charge is 0.396 e. The second kappa shape index (κ2) is 6.35. The lowest BCUT2D eigenvalue weighted by Gasteiger charge is -2.43. The molecule has 0 amide bonds. The molecule has 2 N–H and O–H groups in total. The third-order valence-corrected chi connectivity index (χ3v) is 4.59. The molecule has 3 nitrogen and oxygen atoms in total. The summed E-state index contributed by atoms with van der Waals surface area (Å²) >= 11 is 3.66. The van der Waals surface area contributed by atoms with Gasteiger partial charge in [-0.05, 0) is 11.6 Å². The average molecular weight is 327 g/mol. The summed E-state index contributed by atoms with van der Waals surface area (Å²) in [7, 11) is 0. The van der Waals surface area contributed by atoms with Gasteiger partial charge in [-0.3, -0.25) is 4.90 Å². The first kappa shape index (κ1) is 15.0. The molecule has 106 valence electrons. The van der Waals surface area contributed by atoms with E-state index in [4.69, 9.17) is 0 Å². The minimum absolute atomic E-state index is 0.165. The zero-order chi connectivity index (χ0) is 13.9. The summed E-state index contributed by atoms with van der Waals surface area (Å²) in [6, 6.07) is 8.58. The number of rotatable bonds is 4. The van der Waals surface area contributed by atoms with E-state index in [1.807, 2.05) is 6.07 Å². The van der Waals surface area contributed by atoms with Crippen LogP contribution >= 0.6 is 15.9 Å². The van der Waals surface area contributed by atoms with Crippen molar-refractivity contribution in [2.45, 2.75) is 19.9 Å². The highest BCUT2D eigenvalue weighted by Crippen LogP contribution is 2.40. The fourth-order valence-corrected chi connectivity index (χ4v) is 3.34. The topological polar surface area (TPSA) is 35.5 Å². The molecule has 1 heterocycles. The minimum atomic E-state index is -0.165. The average Bonchev–Trinajstić information content (AvgIpc) is 2.42. The summed E-state index contributed by atoms with van der Waals surface area (Å²) in [5.74, 6) is 0. The van der Waals surface area contributed by atoms with Crippen LogP contribution in [0, 0.1) is 5.41 Å². The van der Waals surface area contributed by atoms with Crippen LogP contribution in [0.25, 0.3) is 0 Å². The fraction of sp³-hybridized carbons (Fsp3) is 0.600. The van der Waals surface area contributed by atoms with Crippen molar-refractivity contribution in [3.05, 3.63) is 34.3 Å². The van der Waals surface area contributed by atoms with E-state index in [0.717, 1.165) is 30.7 Å². The van der Waals surface area contributed by atoms with E-state index >= 15 is 0 Å². The normalized spacial score (nSPS) is 19.4. The molecule has 4 heteroatoms.